The van der Waals surface area contributed by atoms with Gasteiger partial charge >= 0.3 is 0 Å². The number of aliphatic hydroxyl groups is 1. The molecular formula is C14H22O3. The van der Waals surface area contributed by atoms with E-state index in [1.807, 2.05) is 32.0 Å². The molecule has 0 amide bonds. The quantitative estimate of drug-likeness (QED) is 0.742. The standard InChI is InChI=1S/C14H22O3/c1-4-16-8-5-9-17-14-7-6-11(2)10-13(14)12(3)15/h6-7,10,12,15H,4-5,8-9H2,1-3H3/t12-/m1/s1. The average Bonchev–Trinajstić information content (AvgIpc) is 2.30. The van der Waals surface area contributed by atoms with Crippen LogP contribution in [0.5, 0.6) is 5.75 Å². The normalized spacial score (nSPS) is 12.5. The molecule has 96 valence electrons. The van der Waals surface area contributed by atoms with E-state index in [9.17, 15) is 5.11 Å². The highest BCUT2D eigenvalue weighted by atomic mass is 16.5. The molecule has 3 nitrogen and oxygen atoms in total. The fraction of sp³-hybridized carbons (Fsp3) is 0.571. The van der Waals surface area contributed by atoms with Gasteiger partial charge in [-0.1, -0.05) is 11.6 Å². The number of aliphatic hydroxyl groups excluding tert-OH is 1. The minimum Gasteiger partial charge on any atom is -0.493 e. The fourth-order valence-electron chi connectivity index (χ4n) is 1.61. The second kappa shape index (κ2) is 7.30. The van der Waals surface area contributed by atoms with Crippen LogP contribution in [-0.4, -0.2) is 24.9 Å². The lowest BCUT2D eigenvalue weighted by Crippen LogP contribution is -2.05. The first-order valence-corrected chi connectivity index (χ1v) is 6.14. The Hall–Kier alpha value is -1.06. The first-order valence-electron chi connectivity index (χ1n) is 6.14. The molecule has 1 N–H and O–H groups in total. The summed E-state index contributed by atoms with van der Waals surface area (Å²) in [5.41, 5.74) is 1.98. The van der Waals surface area contributed by atoms with Gasteiger partial charge in [0, 0.05) is 25.2 Å². The number of aryl methyl sites for hydroxylation is 1. The SMILES string of the molecule is CCOCCCOc1ccc(C)cc1[C@@H](C)O. The Kier molecular flexibility index (Phi) is 6.01. The molecule has 0 bridgehead atoms. The molecule has 0 saturated heterocycles. The zero-order valence-electron chi connectivity index (χ0n) is 10.9. The van der Waals surface area contributed by atoms with Crippen molar-refractivity contribution in [3.63, 3.8) is 0 Å². The molecule has 3 heteroatoms. The van der Waals surface area contributed by atoms with Gasteiger partial charge in [0.1, 0.15) is 5.75 Å². The van der Waals surface area contributed by atoms with Crippen molar-refractivity contribution in [2.45, 2.75) is 33.3 Å². The Morgan fingerprint density at radius 1 is 1.29 bits per heavy atom. The van der Waals surface area contributed by atoms with Crippen LogP contribution in [0.2, 0.25) is 0 Å². The maximum absolute atomic E-state index is 9.67. The van der Waals surface area contributed by atoms with Crippen molar-refractivity contribution >= 4 is 0 Å². The average molecular weight is 238 g/mol. The van der Waals surface area contributed by atoms with Crippen molar-refractivity contribution in [3.8, 4) is 5.75 Å². The van der Waals surface area contributed by atoms with E-state index in [1.54, 1.807) is 6.92 Å². The monoisotopic (exact) mass is 238 g/mol. The summed E-state index contributed by atoms with van der Waals surface area (Å²) < 4.78 is 10.9. The van der Waals surface area contributed by atoms with Crippen molar-refractivity contribution in [2.75, 3.05) is 19.8 Å². The molecule has 0 aromatic heterocycles. The fourth-order valence-corrected chi connectivity index (χ4v) is 1.61. The third-order valence-corrected chi connectivity index (χ3v) is 2.51. The van der Waals surface area contributed by atoms with Crippen LogP contribution in [0.15, 0.2) is 18.2 Å². The molecular weight excluding hydrogens is 216 g/mol. The number of hydrogen-bond donors (Lipinski definition) is 1. The molecule has 0 aliphatic heterocycles. The zero-order valence-corrected chi connectivity index (χ0v) is 10.9. The van der Waals surface area contributed by atoms with E-state index in [-0.39, 0.29) is 0 Å². The molecule has 17 heavy (non-hydrogen) atoms. The highest BCUT2D eigenvalue weighted by Crippen LogP contribution is 2.26. The Balaban J connectivity index is 2.52. The summed E-state index contributed by atoms with van der Waals surface area (Å²) in [7, 11) is 0. The second-order valence-electron chi connectivity index (χ2n) is 4.12. The summed E-state index contributed by atoms with van der Waals surface area (Å²) in [4.78, 5) is 0. The van der Waals surface area contributed by atoms with E-state index in [1.165, 1.54) is 0 Å². The predicted molar refractivity (Wildman–Crippen MR) is 68.4 cm³/mol. The van der Waals surface area contributed by atoms with Crippen molar-refractivity contribution < 1.29 is 14.6 Å². The van der Waals surface area contributed by atoms with Gasteiger partial charge < -0.3 is 14.6 Å². The summed E-state index contributed by atoms with van der Waals surface area (Å²) >= 11 is 0. The van der Waals surface area contributed by atoms with Crippen molar-refractivity contribution in [1.29, 1.82) is 0 Å². The third kappa shape index (κ3) is 4.75. The van der Waals surface area contributed by atoms with Crippen LogP contribution in [0.4, 0.5) is 0 Å². The van der Waals surface area contributed by atoms with Crippen LogP contribution in [0.25, 0.3) is 0 Å². The first-order chi connectivity index (χ1) is 8.15. The minimum atomic E-state index is -0.503. The van der Waals surface area contributed by atoms with Crippen LogP contribution in [-0.2, 0) is 4.74 Å². The molecule has 0 spiro atoms. The van der Waals surface area contributed by atoms with Gasteiger partial charge in [-0.25, -0.2) is 0 Å². The molecule has 1 aromatic rings. The molecule has 0 fully saturated rings. The molecule has 1 atom stereocenters. The van der Waals surface area contributed by atoms with Gasteiger partial charge in [0.05, 0.1) is 12.7 Å². The molecule has 0 radical (unpaired) electrons. The number of hydrogen-bond acceptors (Lipinski definition) is 3. The molecule has 0 aliphatic carbocycles. The Morgan fingerprint density at radius 3 is 2.71 bits per heavy atom. The predicted octanol–water partition coefficient (Wildman–Crippen LogP) is 2.85. The van der Waals surface area contributed by atoms with E-state index in [0.717, 1.165) is 29.9 Å². The van der Waals surface area contributed by atoms with Gasteiger partial charge in [0.25, 0.3) is 0 Å². The van der Waals surface area contributed by atoms with Crippen LogP contribution in [0.1, 0.15) is 37.5 Å². The van der Waals surface area contributed by atoms with Gasteiger partial charge in [0.2, 0.25) is 0 Å². The van der Waals surface area contributed by atoms with Gasteiger partial charge in [-0.05, 0) is 32.9 Å². The topological polar surface area (TPSA) is 38.7 Å². The number of benzene rings is 1. The Labute approximate surface area is 103 Å². The number of ether oxygens (including phenoxy) is 2. The van der Waals surface area contributed by atoms with Gasteiger partial charge in [-0.15, -0.1) is 0 Å². The maximum atomic E-state index is 9.67. The van der Waals surface area contributed by atoms with E-state index in [4.69, 9.17) is 9.47 Å². The van der Waals surface area contributed by atoms with Crippen molar-refractivity contribution in [3.05, 3.63) is 29.3 Å². The summed E-state index contributed by atoms with van der Waals surface area (Å²) in [5.74, 6) is 0.766. The largest absolute Gasteiger partial charge is 0.493 e. The highest BCUT2D eigenvalue weighted by molar-refractivity contribution is 5.38. The molecule has 0 aliphatic rings. The van der Waals surface area contributed by atoms with E-state index >= 15 is 0 Å². The van der Waals surface area contributed by atoms with Crippen LogP contribution in [0, 0.1) is 6.92 Å². The molecule has 0 heterocycles. The first kappa shape index (κ1) is 14.0. The Morgan fingerprint density at radius 2 is 2.06 bits per heavy atom. The molecule has 0 unspecified atom stereocenters. The van der Waals surface area contributed by atoms with Crippen molar-refractivity contribution in [2.24, 2.45) is 0 Å². The second-order valence-corrected chi connectivity index (χ2v) is 4.12. The zero-order chi connectivity index (χ0) is 12.7. The third-order valence-electron chi connectivity index (χ3n) is 2.51. The summed E-state index contributed by atoms with van der Waals surface area (Å²) in [6, 6.07) is 5.87. The van der Waals surface area contributed by atoms with Gasteiger partial charge in [0.15, 0.2) is 0 Å². The highest BCUT2D eigenvalue weighted by Gasteiger charge is 2.09. The van der Waals surface area contributed by atoms with E-state index < -0.39 is 6.10 Å². The van der Waals surface area contributed by atoms with Gasteiger partial charge in [-0.3, -0.25) is 0 Å². The minimum absolute atomic E-state index is 0.503. The van der Waals surface area contributed by atoms with E-state index in [2.05, 4.69) is 0 Å². The summed E-state index contributed by atoms with van der Waals surface area (Å²) in [5, 5.41) is 9.67. The lowest BCUT2D eigenvalue weighted by Gasteiger charge is -2.14. The molecule has 1 rings (SSSR count). The lowest BCUT2D eigenvalue weighted by atomic mass is 10.1. The number of rotatable bonds is 7. The molecule has 1 aromatic carbocycles. The summed E-state index contributed by atoms with van der Waals surface area (Å²) in [6.45, 7) is 7.80. The van der Waals surface area contributed by atoms with Crippen LogP contribution < -0.4 is 4.74 Å². The van der Waals surface area contributed by atoms with Gasteiger partial charge in [-0.2, -0.15) is 0 Å². The van der Waals surface area contributed by atoms with Crippen molar-refractivity contribution in [1.82, 2.24) is 0 Å². The Bertz CT molecular complexity index is 334. The molecule has 0 saturated carbocycles. The summed E-state index contributed by atoms with van der Waals surface area (Å²) in [6.07, 6.45) is 0.359. The maximum Gasteiger partial charge on any atom is 0.125 e. The van der Waals surface area contributed by atoms with Crippen LogP contribution >= 0.6 is 0 Å². The smallest absolute Gasteiger partial charge is 0.125 e. The van der Waals surface area contributed by atoms with E-state index in [0.29, 0.717) is 13.2 Å². The van der Waals surface area contributed by atoms with Crippen LogP contribution in [0.3, 0.4) is 0 Å². The lowest BCUT2D eigenvalue weighted by molar-refractivity contribution is 0.129.